The van der Waals surface area contributed by atoms with E-state index in [1.54, 1.807) is 0 Å². The van der Waals surface area contributed by atoms with Crippen molar-refractivity contribution < 1.29 is 26.4 Å². The molecule has 30 heavy (non-hydrogen) atoms. The van der Waals surface area contributed by atoms with Gasteiger partial charge in [-0.05, 0) is 25.0 Å². The van der Waals surface area contributed by atoms with Crippen LogP contribution in [0.15, 0.2) is 30.3 Å². The van der Waals surface area contributed by atoms with E-state index in [0.717, 1.165) is 23.3 Å². The first kappa shape index (κ1) is 28.7. The molecule has 0 bridgehead atoms. The lowest BCUT2D eigenvalue weighted by molar-refractivity contribution is -0.890. The number of unbranched alkanes of at least 4 members (excludes halogenated alkanes) is 11. The van der Waals surface area contributed by atoms with Crippen LogP contribution in [0.1, 0.15) is 84.0 Å². The fraction of sp³-hybridized carbons (Fsp3) is 0.720. The van der Waals surface area contributed by atoms with Gasteiger partial charge in [-0.1, -0.05) is 89.3 Å². The van der Waals surface area contributed by atoms with Crippen LogP contribution in [-0.2, 0) is 4.74 Å². The standard InChI is InChI=1S/C25H44N2O2.ClH/c1-4-5-6-7-8-9-10-11-12-13-14-18-21-27(2,3)22-23-29-25(28)26-24-19-16-15-17-20-24;/h15-17,19-20H,4-14,18,21-23H2,1-3H3;1H. The van der Waals surface area contributed by atoms with E-state index < -0.39 is 0 Å². The number of carbonyl (C=O) groups excluding carboxylic acids is 1. The molecule has 0 aliphatic carbocycles. The van der Waals surface area contributed by atoms with Gasteiger partial charge in [0.2, 0.25) is 0 Å². The largest absolute Gasteiger partial charge is 1.00 e. The molecular formula is C25H45ClN2O2. The van der Waals surface area contributed by atoms with Crippen LogP contribution in [0.4, 0.5) is 10.5 Å². The number of rotatable bonds is 17. The van der Waals surface area contributed by atoms with Gasteiger partial charge < -0.3 is 21.6 Å². The first-order valence-corrected chi connectivity index (χ1v) is 11.8. The average molecular weight is 441 g/mol. The third kappa shape index (κ3) is 16.5. The Kier molecular flexibility index (Phi) is 17.7. The van der Waals surface area contributed by atoms with Gasteiger partial charge in [0.25, 0.3) is 0 Å². The molecule has 0 aliphatic heterocycles. The second-order valence-electron chi connectivity index (χ2n) is 8.90. The highest BCUT2D eigenvalue weighted by Gasteiger charge is 2.15. The van der Waals surface area contributed by atoms with Crippen molar-refractivity contribution in [1.29, 1.82) is 0 Å². The summed E-state index contributed by atoms with van der Waals surface area (Å²) in [6, 6.07) is 9.42. The molecule has 0 atom stereocenters. The highest BCUT2D eigenvalue weighted by molar-refractivity contribution is 5.84. The van der Waals surface area contributed by atoms with Crippen LogP contribution in [0, 0.1) is 0 Å². The lowest BCUT2D eigenvalue weighted by atomic mass is 10.1. The topological polar surface area (TPSA) is 38.3 Å². The fourth-order valence-corrected chi connectivity index (χ4v) is 3.55. The molecule has 174 valence electrons. The Morgan fingerprint density at radius 3 is 1.83 bits per heavy atom. The summed E-state index contributed by atoms with van der Waals surface area (Å²) in [6.45, 7) is 4.71. The molecule has 0 fully saturated rings. The molecule has 1 rings (SSSR count). The normalized spacial score (nSPS) is 11.0. The summed E-state index contributed by atoms with van der Waals surface area (Å²) in [6.07, 6.45) is 16.2. The number of hydrogen-bond donors (Lipinski definition) is 1. The maximum Gasteiger partial charge on any atom is 0.411 e. The summed E-state index contributed by atoms with van der Waals surface area (Å²) in [5.74, 6) is 0. The van der Waals surface area contributed by atoms with Gasteiger partial charge in [-0.3, -0.25) is 5.32 Å². The number of para-hydroxylation sites is 1. The zero-order chi connectivity index (χ0) is 21.2. The molecule has 1 aromatic rings. The first-order chi connectivity index (χ1) is 14.0. The Morgan fingerprint density at radius 1 is 0.800 bits per heavy atom. The van der Waals surface area contributed by atoms with Crippen molar-refractivity contribution in [2.45, 2.75) is 84.0 Å². The second-order valence-corrected chi connectivity index (χ2v) is 8.90. The number of anilines is 1. The van der Waals surface area contributed by atoms with Gasteiger partial charge in [-0.15, -0.1) is 0 Å². The molecule has 0 saturated carbocycles. The van der Waals surface area contributed by atoms with E-state index in [0.29, 0.717) is 6.61 Å². The smallest absolute Gasteiger partial charge is 0.411 e. The van der Waals surface area contributed by atoms with Crippen LogP contribution in [0.2, 0.25) is 0 Å². The minimum Gasteiger partial charge on any atom is -1.00 e. The van der Waals surface area contributed by atoms with Crippen molar-refractivity contribution in [2.24, 2.45) is 0 Å². The fourth-order valence-electron chi connectivity index (χ4n) is 3.55. The molecular weight excluding hydrogens is 396 g/mol. The number of carbonyl (C=O) groups is 1. The number of likely N-dealkylation sites (N-methyl/N-ethyl adjacent to an activating group) is 1. The van der Waals surface area contributed by atoms with Crippen molar-refractivity contribution in [3.8, 4) is 0 Å². The van der Waals surface area contributed by atoms with Gasteiger partial charge in [0.05, 0.1) is 20.6 Å². The van der Waals surface area contributed by atoms with Crippen LogP contribution in [-0.4, -0.2) is 44.4 Å². The molecule has 0 spiro atoms. The quantitative estimate of drug-likeness (QED) is 0.293. The van der Waals surface area contributed by atoms with Gasteiger partial charge in [0, 0.05) is 5.69 Å². The number of nitrogens with zero attached hydrogens (tertiary/aromatic N) is 1. The maximum absolute atomic E-state index is 11.8. The molecule has 0 heterocycles. The Balaban J connectivity index is 0.00000841. The van der Waals surface area contributed by atoms with Gasteiger partial charge in [0.1, 0.15) is 13.2 Å². The molecule has 4 nitrogen and oxygen atoms in total. The van der Waals surface area contributed by atoms with Crippen LogP contribution in [0.3, 0.4) is 0 Å². The van der Waals surface area contributed by atoms with E-state index >= 15 is 0 Å². The monoisotopic (exact) mass is 440 g/mol. The average Bonchev–Trinajstić information content (AvgIpc) is 2.69. The molecule has 1 amide bonds. The lowest BCUT2D eigenvalue weighted by Crippen LogP contribution is -3.00. The molecule has 1 N–H and O–H groups in total. The summed E-state index contributed by atoms with van der Waals surface area (Å²) in [4.78, 5) is 11.8. The Bertz CT molecular complexity index is 523. The summed E-state index contributed by atoms with van der Waals surface area (Å²) in [5, 5.41) is 2.75. The summed E-state index contributed by atoms with van der Waals surface area (Å²) in [7, 11) is 4.44. The Morgan fingerprint density at radius 2 is 1.30 bits per heavy atom. The van der Waals surface area contributed by atoms with E-state index in [9.17, 15) is 4.79 Å². The minimum atomic E-state index is -0.374. The highest BCUT2D eigenvalue weighted by Crippen LogP contribution is 2.13. The number of quaternary nitrogens is 1. The van der Waals surface area contributed by atoms with Crippen LogP contribution in [0.5, 0.6) is 0 Å². The molecule has 0 aromatic heterocycles. The maximum atomic E-state index is 11.8. The van der Waals surface area contributed by atoms with E-state index in [-0.39, 0.29) is 18.5 Å². The minimum absolute atomic E-state index is 0. The number of nitrogens with one attached hydrogen (secondary N) is 1. The van der Waals surface area contributed by atoms with Gasteiger partial charge >= 0.3 is 6.09 Å². The van der Waals surface area contributed by atoms with Crippen molar-refractivity contribution in [1.82, 2.24) is 0 Å². The van der Waals surface area contributed by atoms with Crippen molar-refractivity contribution in [3.63, 3.8) is 0 Å². The molecule has 0 saturated heterocycles. The van der Waals surface area contributed by atoms with Crippen molar-refractivity contribution in [2.75, 3.05) is 39.1 Å². The van der Waals surface area contributed by atoms with Crippen LogP contribution < -0.4 is 17.7 Å². The Labute approximate surface area is 191 Å². The van der Waals surface area contributed by atoms with Crippen LogP contribution in [0.25, 0.3) is 0 Å². The van der Waals surface area contributed by atoms with Crippen LogP contribution >= 0.6 is 0 Å². The molecule has 0 radical (unpaired) electrons. The van der Waals surface area contributed by atoms with Gasteiger partial charge in [0.15, 0.2) is 0 Å². The summed E-state index contributed by atoms with van der Waals surface area (Å²) < 4.78 is 6.23. The predicted octanol–water partition coefficient (Wildman–Crippen LogP) is 4.02. The zero-order valence-electron chi connectivity index (χ0n) is 19.6. The number of hydrogen-bond acceptors (Lipinski definition) is 2. The third-order valence-corrected chi connectivity index (χ3v) is 5.57. The first-order valence-electron chi connectivity index (χ1n) is 11.8. The Hall–Kier alpha value is -1.26. The number of halogens is 1. The zero-order valence-corrected chi connectivity index (χ0v) is 20.4. The SMILES string of the molecule is CCCCCCCCCCCCCC[N+](C)(C)CCOC(=O)Nc1ccccc1.[Cl-]. The van der Waals surface area contributed by atoms with E-state index in [4.69, 9.17) is 4.74 Å². The highest BCUT2D eigenvalue weighted by atomic mass is 35.5. The summed E-state index contributed by atoms with van der Waals surface area (Å²) >= 11 is 0. The molecule has 0 aliphatic rings. The van der Waals surface area contributed by atoms with Crippen molar-refractivity contribution in [3.05, 3.63) is 30.3 Å². The summed E-state index contributed by atoms with van der Waals surface area (Å²) in [5.41, 5.74) is 0.766. The van der Waals surface area contributed by atoms with E-state index in [1.165, 1.54) is 77.0 Å². The number of ether oxygens (including phenoxy) is 1. The van der Waals surface area contributed by atoms with Gasteiger partial charge in [-0.25, -0.2) is 4.79 Å². The van der Waals surface area contributed by atoms with Gasteiger partial charge in [-0.2, -0.15) is 0 Å². The molecule has 1 aromatic carbocycles. The predicted molar refractivity (Wildman–Crippen MR) is 124 cm³/mol. The number of benzene rings is 1. The van der Waals surface area contributed by atoms with E-state index in [1.807, 2.05) is 30.3 Å². The second kappa shape index (κ2) is 18.5. The lowest BCUT2D eigenvalue weighted by Gasteiger charge is -2.29. The molecule has 0 unspecified atom stereocenters. The number of amides is 1. The van der Waals surface area contributed by atoms with Crippen molar-refractivity contribution >= 4 is 11.8 Å². The molecule has 5 heteroatoms. The third-order valence-electron chi connectivity index (χ3n) is 5.57. The van der Waals surface area contributed by atoms with E-state index in [2.05, 4.69) is 26.3 Å².